The normalized spacial score (nSPS) is 28.2. The molecule has 0 amide bonds. The average molecular weight is 352 g/mol. The highest BCUT2D eigenvalue weighted by Crippen LogP contribution is 2.42. The van der Waals surface area contributed by atoms with E-state index in [0.717, 1.165) is 11.5 Å². The van der Waals surface area contributed by atoms with Crippen LogP contribution < -0.4 is 20.1 Å². The Labute approximate surface area is 155 Å². The Kier molecular flexibility index (Phi) is 5.14. The van der Waals surface area contributed by atoms with Gasteiger partial charge in [-0.15, -0.1) is 0 Å². The van der Waals surface area contributed by atoms with Crippen LogP contribution in [0.25, 0.3) is 0 Å². The lowest BCUT2D eigenvalue weighted by Crippen LogP contribution is -2.59. The molecule has 4 rings (SSSR count). The van der Waals surface area contributed by atoms with Gasteiger partial charge >= 0.3 is 0 Å². The standard InChI is InChI=1S/C22H28N2O2/c1-25-19-13-7-3-9-15(19)21-22(16-10-4-8-14-20(16)26-2)24-18-12-6-5-11-17(18)23-21/h3-4,7-10,13-14,17-18,21-24H,5-6,11-12H2,1-2H3/t17-,18-,21?,22?/m1/s1. The van der Waals surface area contributed by atoms with Gasteiger partial charge in [0.2, 0.25) is 0 Å². The van der Waals surface area contributed by atoms with Crippen LogP contribution in [0.1, 0.15) is 48.9 Å². The number of fused-ring (bicyclic) bond motifs is 1. The lowest BCUT2D eigenvalue weighted by atomic mass is 9.81. The molecule has 1 saturated heterocycles. The highest BCUT2D eigenvalue weighted by molar-refractivity contribution is 5.43. The van der Waals surface area contributed by atoms with Gasteiger partial charge in [0, 0.05) is 23.2 Å². The summed E-state index contributed by atoms with van der Waals surface area (Å²) in [6.07, 6.45) is 5.05. The number of methoxy groups -OCH3 is 2. The van der Waals surface area contributed by atoms with Crippen LogP contribution in [0.5, 0.6) is 11.5 Å². The van der Waals surface area contributed by atoms with Gasteiger partial charge in [-0.3, -0.25) is 0 Å². The van der Waals surface area contributed by atoms with E-state index in [1.54, 1.807) is 14.2 Å². The maximum Gasteiger partial charge on any atom is 0.123 e. The van der Waals surface area contributed by atoms with Crippen molar-refractivity contribution in [2.75, 3.05) is 14.2 Å². The number of rotatable bonds is 4. The minimum Gasteiger partial charge on any atom is -0.496 e. The fraction of sp³-hybridized carbons (Fsp3) is 0.455. The third kappa shape index (κ3) is 3.19. The molecule has 2 fully saturated rings. The van der Waals surface area contributed by atoms with Crippen LogP contribution in [-0.4, -0.2) is 26.3 Å². The molecule has 2 N–H and O–H groups in total. The van der Waals surface area contributed by atoms with Crippen molar-refractivity contribution in [1.82, 2.24) is 10.6 Å². The quantitative estimate of drug-likeness (QED) is 0.873. The smallest absolute Gasteiger partial charge is 0.123 e. The number of hydrogen-bond donors (Lipinski definition) is 2. The molecule has 2 aliphatic rings. The zero-order valence-electron chi connectivity index (χ0n) is 15.6. The summed E-state index contributed by atoms with van der Waals surface area (Å²) in [5.74, 6) is 1.86. The Hall–Kier alpha value is -2.04. The second-order valence-electron chi connectivity index (χ2n) is 7.27. The molecule has 0 aromatic heterocycles. The van der Waals surface area contributed by atoms with Crippen LogP contribution in [0.15, 0.2) is 48.5 Å². The molecule has 26 heavy (non-hydrogen) atoms. The molecule has 1 heterocycles. The number of hydrogen-bond acceptors (Lipinski definition) is 4. The lowest BCUT2D eigenvalue weighted by molar-refractivity contribution is 0.165. The Morgan fingerprint density at radius 2 is 1.12 bits per heavy atom. The number of para-hydroxylation sites is 2. The Morgan fingerprint density at radius 1 is 0.692 bits per heavy atom. The number of benzene rings is 2. The molecule has 0 radical (unpaired) electrons. The molecule has 4 nitrogen and oxygen atoms in total. The highest BCUT2D eigenvalue weighted by atomic mass is 16.5. The molecular weight excluding hydrogens is 324 g/mol. The van der Waals surface area contributed by atoms with Crippen molar-refractivity contribution in [3.8, 4) is 11.5 Å². The first-order valence-corrected chi connectivity index (χ1v) is 9.59. The molecule has 1 aliphatic carbocycles. The maximum absolute atomic E-state index is 5.68. The zero-order chi connectivity index (χ0) is 17.9. The summed E-state index contributed by atoms with van der Waals surface area (Å²) in [5.41, 5.74) is 2.39. The molecule has 138 valence electrons. The summed E-state index contributed by atoms with van der Waals surface area (Å²) in [7, 11) is 3.49. The van der Waals surface area contributed by atoms with E-state index in [9.17, 15) is 0 Å². The van der Waals surface area contributed by atoms with E-state index >= 15 is 0 Å². The van der Waals surface area contributed by atoms with Crippen LogP contribution in [0.4, 0.5) is 0 Å². The first-order chi connectivity index (χ1) is 12.8. The molecule has 0 spiro atoms. The largest absolute Gasteiger partial charge is 0.496 e. The number of ether oxygens (including phenoxy) is 2. The topological polar surface area (TPSA) is 42.5 Å². The second kappa shape index (κ2) is 7.68. The Bertz CT molecular complexity index is 685. The van der Waals surface area contributed by atoms with E-state index in [1.807, 2.05) is 24.3 Å². The average Bonchev–Trinajstić information content (AvgIpc) is 2.72. The summed E-state index contributed by atoms with van der Waals surface area (Å²) in [6.45, 7) is 0. The predicted molar refractivity (Wildman–Crippen MR) is 104 cm³/mol. The maximum atomic E-state index is 5.68. The molecule has 2 aromatic carbocycles. The van der Waals surface area contributed by atoms with Crippen molar-refractivity contribution in [1.29, 1.82) is 0 Å². The molecule has 1 saturated carbocycles. The second-order valence-corrected chi connectivity index (χ2v) is 7.27. The van der Waals surface area contributed by atoms with E-state index in [4.69, 9.17) is 9.47 Å². The van der Waals surface area contributed by atoms with Gasteiger partial charge < -0.3 is 20.1 Å². The molecule has 4 heteroatoms. The van der Waals surface area contributed by atoms with Crippen LogP contribution in [-0.2, 0) is 0 Å². The molecule has 1 aliphatic heterocycles. The van der Waals surface area contributed by atoms with Gasteiger partial charge in [0.25, 0.3) is 0 Å². The van der Waals surface area contributed by atoms with E-state index in [0.29, 0.717) is 12.1 Å². The van der Waals surface area contributed by atoms with Gasteiger partial charge in [-0.25, -0.2) is 0 Å². The van der Waals surface area contributed by atoms with Gasteiger partial charge in [-0.05, 0) is 25.0 Å². The SMILES string of the molecule is COc1ccccc1C1N[C@@H]2CCCC[C@H]2NC1c1ccccc1OC. The Morgan fingerprint density at radius 3 is 1.54 bits per heavy atom. The van der Waals surface area contributed by atoms with Gasteiger partial charge in [0.15, 0.2) is 0 Å². The van der Waals surface area contributed by atoms with Gasteiger partial charge in [-0.1, -0.05) is 49.2 Å². The highest BCUT2D eigenvalue weighted by Gasteiger charge is 2.40. The third-order valence-electron chi connectivity index (χ3n) is 5.83. The number of nitrogens with one attached hydrogen (secondary N) is 2. The number of piperazine rings is 1. The van der Waals surface area contributed by atoms with Crippen molar-refractivity contribution < 1.29 is 9.47 Å². The van der Waals surface area contributed by atoms with Crippen LogP contribution in [0, 0.1) is 0 Å². The predicted octanol–water partition coefficient (Wildman–Crippen LogP) is 3.99. The summed E-state index contributed by atoms with van der Waals surface area (Å²) in [6, 6.07) is 18.0. The minimum absolute atomic E-state index is 0.141. The fourth-order valence-electron chi connectivity index (χ4n) is 4.57. The van der Waals surface area contributed by atoms with Gasteiger partial charge in [0.05, 0.1) is 26.3 Å². The molecule has 0 bridgehead atoms. The van der Waals surface area contributed by atoms with Gasteiger partial charge in [-0.2, -0.15) is 0 Å². The minimum atomic E-state index is 0.141. The van der Waals surface area contributed by atoms with Crippen molar-refractivity contribution in [2.45, 2.75) is 49.9 Å². The van der Waals surface area contributed by atoms with Crippen LogP contribution in [0.3, 0.4) is 0 Å². The summed E-state index contributed by atoms with van der Waals surface area (Å²) >= 11 is 0. The lowest BCUT2D eigenvalue weighted by Gasteiger charge is -2.46. The first-order valence-electron chi connectivity index (χ1n) is 9.59. The molecule has 2 unspecified atom stereocenters. The molecule has 2 aromatic rings. The summed E-state index contributed by atoms with van der Waals surface area (Å²) in [4.78, 5) is 0. The van der Waals surface area contributed by atoms with Crippen LogP contribution >= 0.6 is 0 Å². The van der Waals surface area contributed by atoms with E-state index in [2.05, 4.69) is 34.9 Å². The van der Waals surface area contributed by atoms with Crippen molar-refractivity contribution in [2.24, 2.45) is 0 Å². The van der Waals surface area contributed by atoms with Crippen molar-refractivity contribution >= 4 is 0 Å². The third-order valence-corrected chi connectivity index (χ3v) is 5.83. The fourth-order valence-corrected chi connectivity index (χ4v) is 4.57. The van der Waals surface area contributed by atoms with Crippen molar-refractivity contribution in [3.63, 3.8) is 0 Å². The monoisotopic (exact) mass is 352 g/mol. The van der Waals surface area contributed by atoms with E-state index in [-0.39, 0.29) is 12.1 Å². The van der Waals surface area contributed by atoms with Crippen LogP contribution in [0.2, 0.25) is 0 Å². The van der Waals surface area contributed by atoms with E-state index in [1.165, 1.54) is 36.8 Å². The van der Waals surface area contributed by atoms with Gasteiger partial charge in [0.1, 0.15) is 11.5 Å². The molecule has 4 atom stereocenters. The summed E-state index contributed by atoms with van der Waals surface area (Å²) in [5, 5.41) is 7.90. The zero-order valence-corrected chi connectivity index (χ0v) is 15.6. The molecular formula is C22H28N2O2. The first kappa shape index (κ1) is 17.4. The summed E-state index contributed by atoms with van der Waals surface area (Å²) < 4.78 is 11.4. The van der Waals surface area contributed by atoms with E-state index < -0.39 is 0 Å². The Balaban J connectivity index is 1.76. The van der Waals surface area contributed by atoms with Crippen molar-refractivity contribution in [3.05, 3.63) is 59.7 Å².